The number of aromatic hydroxyl groups is 1. The van der Waals surface area contributed by atoms with Gasteiger partial charge in [0.2, 0.25) is 0 Å². The molecule has 0 atom stereocenters. The van der Waals surface area contributed by atoms with Crippen LogP contribution in [0.25, 0.3) is 22.3 Å². The highest BCUT2D eigenvalue weighted by atomic mass is 16.3. The quantitative estimate of drug-likeness (QED) is 0.535. The molecule has 0 bridgehead atoms. The number of phenols is 1. The number of furan rings is 1. The van der Waals surface area contributed by atoms with Crippen LogP contribution >= 0.6 is 0 Å². The van der Waals surface area contributed by atoms with Crippen molar-refractivity contribution >= 4 is 11.0 Å². The summed E-state index contributed by atoms with van der Waals surface area (Å²) in [6.45, 7) is 9.33. The topological polar surface area (TPSA) is 60.1 Å². The van der Waals surface area contributed by atoms with Crippen LogP contribution in [0, 0.1) is 0 Å². The molecule has 0 spiro atoms. The first-order valence-corrected chi connectivity index (χ1v) is 11.5. The molecule has 0 amide bonds. The lowest BCUT2D eigenvalue weighted by molar-refractivity contribution is 0.108. The molecule has 4 rings (SSSR count). The summed E-state index contributed by atoms with van der Waals surface area (Å²) in [4.78, 5) is 5.02. The number of phenolic OH excluding ortho intramolecular Hbond substituents is 1. The summed E-state index contributed by atoms with van der Waals surface area (Å²) >= 11 is 0. The maximum absolute atomic E-state index is 10.7. The first-order chi connectivity index (χ1) is 15.2. The van der Waals surface area contributed by atoms with Crippen LogP contribution in [0.15, 0.2) is 46.9 Å². The Morgan fingerprint density at radius 2 is 1.77 bits per heavy atom. The second-order valence-corrected chi connectivity index (χ2v) is 8.51. The summed E-state index contributed by atoms with van der Waals surface area (Å²) in [7, 11) is 0. The molecule has 31 heavy (non-hydrogen) atoms. The lowest BCUT2D eigenvalue weighted by Crippen LogP contribution is -2.44. The predicted octanol–water partition coefficient (Wildman–Crippen LogP) is 4.99. The van der Waals surface area contributed by atoms with Gasteiger partial charge in [-0.2, -0.15) is 0 Å². The Kier molecular flexibility index (Phi) is 6.96. The Morgan fingerprint density at radius 1 is 1.03 bits per heavy atom. The minimum absolute atomic E-state index is 0.127. The first kappa shape index (κ1) is 21.9. The van der Waals surface area contributed by atoms with Gasteiger partial charge >= 0.3 is 0 Å². The van der Waals surface area contributed by atoms with E-state index in [4.69, 9.17) is 4.42 Å². The average molecular weight is 423 g/mol. The Morgan fingerprint density at radius 3 is 2.42 bits per heavy atom. The number of aliphatic hydroxyl groups is 1. The zero-order valence-corrected chi connectivity index (χ0v) is 18.7. The van der Waals surface area contributed by atoms with Crippen LogP contribution in [0.2, 0.25) is 0 Å². The zero-order valence-electron chi connectivity index (χ0n) is 18.7. The van der Waals surface area contributed by atoms with Crippen LogP contribution < -0.4 is 0 Å². The molecule has 1 aliphatic heterocycles. The number of rotatable bonds is 8. The van der Waals surface area contributed by atoms with Gasteiger partial charge in [0.1, 0.15) is 17.1 Å². The van der Waals surface area contributed by atoms with Crippen molar-refractivity contribution in [1.29, 1.82) is 0 Å². The Hall–Kier alpha value is -2.34. The van der Waals surface area contributed by atoms with Crippen molar-refractivity contribution < 1.29 is 14.6 Å². The Balaban J connectivity index is 1.60. The molecule has 5 heteroatoms. The molecule has 3 aromatic rings. The van der Waals surface area contributed by atoms with Crippen molar-refractivity contribution in [1.82, 2.24) is 9.80 Å². The summed E-state index contributed by atoms with van der Waals surface area (Å²) in [5, 5.41) is 21.8. The monoisotopic (exact) mass is 422 g/mol. The molecular formula is C26H34N2O3. The van der Waals surface area contributed by atoms with Crippen LogP contribution in [0.3, 0.4) is 0 Å². The van der Waals surface area contributed by atoms with Crippen molar-refractivity contribution in [2.75, 3.05) is 26.2 Å². The fraction of sp³-hybridized carbons (Fsp3) is 0.462. The van der Waals surface area contributed by atoms with Crippen LogP contribution in [0.4, 0.5) is 0 Å². The standard InChI is InChI=1S/C26H34N2O3/c1-3-14-28(4-2)20-12-15-27(16-13-20)17-21-23(30)10-11-24-25(21)22(18-29)26(31-24)19-8-6-5-7-9-19/h5-11,20,29-30H,3-4,12-18H2,1-2H3. The van der Waals surface area contributed by atoms with E-state index in [1.807, 2.05) is 30.3 Å². The average Bonchev–Trinajstić information content (AvgIpc) is 3.19. The first-order valence-electron chi connectivity index (χ1n) is 11.5. The smallest absolute Gasteiger partial charge is 0.140 e. The van der Waals surface area contributed by atoms with Gasteiger partial charge in [0.25, 0.3) is 0 Å². The van der Waals surface area contributed by atoms with Gasteiger partial charge < -0.3 is 19.5 Å². The van der Waals surface area contributed by atoms with Gasteiger partial charge in [0.15, 0.2) is 0 Å². The summed E-state index contributed by atoms with van der Waals surface area (Å²) in [5.74, 6) is 0.952. The van der Waals surface area contributed by atoms with Crippen LogP contribution in [0.5, 0.6) is 5.75 Å². The van der Waals surface area contributed by atoms with Gasteiger partial charge in [-0.25, -0.2) is 0 Å². The van der Waals surface area contributed by atoms with E-state index < -0.39 is 0 Å². The number of piperidine rings is 1. The number of nitrogens with zero attached hydrogens (tertiary/aromatic N) is 2. The molecule has 5 nitrogen and oxygen atoms in total. The van der Waals surface area contributed by atoms with Gasteiger partial charge in [0.05, 0.1) is 6.61 Å². The molecule has 2 aromatic carbocycles. The summed E-state index contributed by atoms with van der Waals surface area (Å²) < 4.78 is 6.15. The zero-order chi connectivity index (χ0) is 21.8. The minimum atomic E-state index is -0.127. The van der Waals surface area contributed by atoms with Gasteiger partial charge in [-0.3, -0.25) is 4.90 Å². The molecule has 0 radical (unpaired) electrons. The SMILES string of the molecule is CCCN(CC)C1CCN(Cc2c(O)ccc3oc(-c4ccccc4)c(CO)c23)CC1. The molecule has 1 fully saturated rings. The largest absolute Gasteiger partial charge is 0.508 e. The second kappa shape index (κ2) is 9.86. The Labute approximate surface area is 184 Å². The minimum Gasteiger partial charge on any atom is -0.508 e. The molecule has 166 valence electrons. The van der Waals surface area contributed by atoms with E-state index in [9.17, 15) is 10.2 Å². The number of fused-ring (bicyclic) bond motifs is 1. The van der Waals surface area contributed by atoms with Gasteiger partial charge in [-0.1, -0.05) is 44.2 Å². The number of hydrogen-bond donors (Lipinski definition) is 2. The predicted molar refractivity (Wildman–Crippen MR) is 125 cm³/mol. The molecule has 0 unspecified atom stereocenters. The van der Waals surface area contributed by atoms with E-state index in [1.54, 1.807) is 12.1 Å². The van der Waals surface area contributed by atoms with E-state index in [0.717, 1.165) is 54.6 Å². The van der Waals surface area contributed by atoms with E-state index in [1.165, 1.54) is 13.0 Å². The molecule has 0 aliphatic carbocycles. The van der Waals surface area contributed by atoms with Crippen molar-refractivity contribution in [2.45, 2.75) is 52.3 Å². The van der Waals surface area contributed by atoms with Gasteiger partial charge in [0, 0.05) is 34.7 Å². The summed E-state index contributed by atoms with van der Waals surface area (Å²) in [5.41, 5.74) is 3.25. The van der Waals surface area contributed by atoms with Crippen molar-refractivity contribution in [3.63, 3.8) is 0 Å². The third-order valence-electron chi connectivity index (χ3n) is 6.60. The number of likely N-dealkylation sites (tertiary alicyclic amines) is 1. The van der Waals surface area contributed by atoms with Crippen LogP contribution in [-0.2, 0) is 13.2 Å². The maximum Gasteiger partial charge on any atom is 0.140 e. The van der Waals surface area contributed by atoms with E-state index in [-0.39, 0.29) is 12.4 Å². The van der Waals surface area contributed by atoms with E-state index >= 15 is 0 Å². The summed E-state index contributed by atoms with van der Waals surface area (Å²) in [6, 6.07) is 14.0. The molecule has 0 saturated carbocycles. The molecule has 2 heterocycles. The van der Waals surface area contributed by atoms with Crippen molar-refractivity contribution in [3.05, 3.63) is 53.6 Å². The molecule has 1 aliphatic rings. The van der Waals surface area contributed by atoms with Crippen LogP contribution in [0.1, 0.15) is 44.2 Å². The van der Waals surface area contributed by atoms with E-state index in [2.05, 4.69) is 23.6 Å². The maximum atomic E-state index is 10.7. The molecule has 1 saturated heterocycles. The fourth-order valence-electron chi connectivity index (χ4n) is 5.00. The highest BCUT2D eigenvalue weighted by Gasteiger charge is 2.26. The number of hydrogen-bond acceptors (Lipinski definition) is 5. The van der Waals surface area contributed by atoms with Gasteiger partial charge in [-0.05, 0) is 57.6 Å². The van der Waals surface area contributed by atoms with Crippen LogP contribution in [-0.4, -0.2) is 52.2 Å². The Bertz CT molecular complexity index is 991. The van der Waals surface area contributed by atoms with Crippen molar-refractivity contribution in [3.8, 4) is 17.1 Å². The fourth-order valence-corrected chi connectivity index (χ4v) is 5.00. The third-order valence-corrected chi connectivity index (χ3v) is 6.60. The molecule has 2 N–H and O–H groups in total. The second-order valence-electron chi connectivity index (χ2n) is 8.51. The molecular weight excluding hydrogens is 388 g/mol. The number of aliphatic hydroxyl groups excluding tert-OH is 1. The highest BCUT2D eigenvalue weighted by molar-refractivity contribution is 5.92. The molecule has 1 aromatic heterocycles. The van der Waals surface area contributed by atoms with Crippen molar-refractivity contribution in [2.24, 2.45) is 0 Å². The summed E-state index contributed by atoms with van der Waals surface area (Å²) in [6.07, 6.45) is 3.49. The van der Waals surface area contributed by atoms with Gasteiger partial charge in [-0.15, -0.1) is 0 Å². The number of benzene rings is 2. The normalized spacial score (nSPS) is 15.9. The lowest BCUT2D eigenvalue weighted by Gasteiger charge is -2.38. The third kappa shape index (κ3) is 4.49. The van der Waals surface area contributed by atoms with E-state index in [0.29, 0.717) is 23.9 Å². The lowest BCUT2D eigenvalue weighted by atomic mass is 9.99. The highest BCUT2D eigenvalue weighted by Crippen LogP contribution is 2.39.